The second-order valence-corrected chi connectivity index (χ2v) is 3.35. The number of esters is 1. The molecule has 2 N–H and O–H groups in total. The van der Waals surface area contributed by atoms with Crippen LogP contribution >= 0.6 is 0 Å². The van der Waals surface area contributed by atoms with Crippen LogP contribution in [0.15, 0.2) is 6.20 Å². The number of carbonyl (C=O) groups excluding carboxylic acids is 1. The summed E-state index contributed by atoms with van der Waals surface area (Å²) in [6, 6.07) is 0. The molecule has 14 heavy (non-hydrogen) atoms. The number of aromatic nitrogens is 2. The molecule has 0 aromatic carbocycles. The van der Waals surface area contributed by atoms with Gasteiger partial charge in [0.1, 0.15) is 11.5 Å². The number of hydrogen-bond donors (Lipinski definition) is 1. The van der Waals surface area contributed by atoms with Gasteiger partial charge in [-0.05, 0) is 12.8 Å². The average Bonchev–Trinajstić information content (AvgIpc) is 2.90. The summed E-state index contributed by atoms with van der Waals surface area (Å²) in [6.07, 6.45) is 3.52. The Balaban J connectivity index is 2.32. The highest BCUT2D eigenvalue weighted by atomic mass is 16.5. The third-order valence-corrected chi connectivity index (χ3v) is 1.99. The minimum atomic E-state index is -0.383. The van der Waals surface area contributed by atoms with Gasteiger partial charge in [0.15, 0.2) is 0 Å². The number of nitrogens with zero attached hydrogens (tertiary/aromatic N) is 2. The van der Waals surface area contributed by atoms with Gasteiger partial charge in [0, 0.05) is 12.8 Å². The quantitative estimate of drug-likeness (QED) is 0.705. The molecule has 0 unspecified atom stereocenters. The second kappa shape index (κ2) is 3.25. The van der Waals surface area contributed by atoms with Crippen LogP contribution in [0, 0.1) is 0 Å². The smallest absolute Gasteiger partial charge is 0.309 e. The van der Waals surface area contributed by atoms with Crippen LogP contribution in [0.4, 0.5) is 5.82 Å². The number of carbonyl (C=O) groups is 1. The number of nitrogens with two attached hydrogens (primary N) is 1. The highest BCUT2D eigenvalue weighted by molar-refractivity contribution is 5.69. The molecule has 1 heterocycles. The highest BCUT2D eigenvalue weighted by Crippen LogP contribution is 2.42. The van der Waals surface area contributed by atoms with Gasteiger partial charge >= 0.3 is 5.97 Å². The zero-order valence-electron chi connectivity index (χ0n) is 7.86. The van der Waals surface area contributed by atoms with Crippen LogP contribution in [0.5, 0.6) is 5.88 Å². The van der Waals surface area contributed by atoms with Crippen molar-refractivity contribution in [2.75, 3.05) is 5.73 Å². The predicted molar refractivity (Wildman–Crippen MR) is 49.7 cm³/mol. The van der Waals surface area contributed by atoms with Gasteiger partial charge in [0.25, 0.3) is 0 Å². The van der Waals surface area contributed by atoms with Crippen LogP contribution in [0.25, 0.3) is 0 Å². The number of ether oxygens (including phenoxy) is 1. The minimum absolute atomic E-state index is 0.300. The summed E-state index contributed by atoms with van der Waals surface area (Å²) in [4.78, 5) is 18.8. The van der Waals surface area contributed by atoms with Gasteiger partial charge in [-0.2, -0.15) is 0 Å². The first kappa shape index (κ1) is 8.93. The predicted octanol–water partition coefficient (Wildman–Crippen LogP) is 0.862. The van der Waals surface area contributed by atoms with Crippen LogP contribution < -0.4 is 10.5 Å². The minimum Gasteiger partial charge on any atom is -0.406 e. The molecule has 74 valence electrons. The lowest BCUT2D eigenvalue weighted by molar-refractivity contribution is -0.132. The molecule has 1 aliphatic carbocycles. The molecule has 2 rings (SSSR count). The third-order valence-electron chi connectivity index (χ3n) is 1.99. The van der Waals surface area contributed by atoms with Crippen LogP contribution in [-0.4, -0.2) is 15.9 Å². The van der Waals surface area contributed by atoms with Crippen molar-refractivity contribution in [1.29, 1.82) is 0 Å². The molecule has 1 fully saturated rings. The Morgan fingerprint density at radius 2 is 2.36 bits per heavy atom. The SMILES string of the molecule is CC(=O)Oc1ncc(N)nc1C1CC1. The van der Waals surface area contributed by atoms with Crippen molar-refractivity contribution >= 4 is 11.8 Å². The van der Waals surface area contributed by atoms with E-state index in [-0.39, 0.29) is 5.97 Å². The molecule has 0 atom stereocenters. The lowest BCUT2D eigenvalue weighted by atomic mass is 10.3. The molecule has 1 aromatic rings. The zero-order valence-corrected chi connectivity index (χ0v) is 7.86. The molecule has 1 aliphatic rings. The molecule has 5 heteroatoms. The standard InChI is InChI=1S/C9H11N3O2/c1-5(13)14-9-8(6-2-3-6)12-7(10)4-11-9/h4,6H,2-3H2,1H3,(H2,10,12). The van der Waals surface area contributed by atoms with Gasteiger partial charge in [-0.3, -0.25) is 4.79 Å². The Bertz CT molecular complexity index is 374. The number of nitrogen functional groups attached to an aromatic ring is 1. The first-order valence-electron chi connectivity index (χ1n) is 4.47. The zero-order chi connectivity index (χ0) is 10.1. The molecular weight excluding hydrogens is 182 g/mol. The monoisotopic (exact) mass is 193 g/mol. The topological polar surface area (TPSA) is 78.1 Å². The van der Waals surface area contributed by atoms with Crippen LogP contribution in [0.1, 0.15) is 31.4 Å². The van der Waals surface area contributed by atoms with E-state index in [9.17, 15) is 4.79 Å². The van der Waals surface area contributed by atoms with E-state index < -0.39 is 0 Å². The summed E-state index contributed by atoms with van der Waals surface area (Å²) in [7, 11) is 0. The van der Waals surface area contributed by atoms with E-state index in [1.165, 1.54) is 13.1 Å². The summed E-state index contributed by atoms with van der Waals surface area (Å²) in [5.74, 6) is 0.642. The van der Waals surface area contributed by atoms with Gasteiger partial charge in [0.05, 0.1) is 6.20 Å². The Kier molecular flexibility index (Phi) is 2.07. The molecule has 0 aliphatic heterocycles. The van der Waals surface area contributed by atoms with E-state index in [1.54, 1.807) is 0 Å². The van der Waals surface area contributed by atoms with Gasteiger partial charge < -0.3 is 10.5 Å². The summed E-state index contributed by atoms with van der Waals surface area (Å²) in [6.45, 7) is 1.34. The van der Waals surface area contributed by atoms with Gasteiger partial charge in [-0.25, -0.2) is 9.97 Å². The third kappa shape index (κ3) is 1.81. The molecule has 5 nitrogen and oxygen atoms in total. The van der Waals surface area contributed by atoms with Gasteiger partial charge in [-0.1, -0.05) is 0 Å². The second-order valence-electron chi connectivity index (χ2n) is 3.35. The van der Waals surface area contributed by atoms with Crippen molar-refractivity contribution in [3.05, 3.63) is 11.9 Å². The maximum Gasteiger partial charge on any atom is 0.309 e. The number of hydrogen-bond acceptors (Lipinski definition) is 5. The molecule has 0 saturated heterocycles. The molecule has 0 amide bonds. The van der Waals surface area contributed by atoms with E-state index >= 15 is 0 Å². The molecular formula is C9H11N3O2. The number of anilines is 1. The molecule has 1 saturated carbocycles. The van der Waals surface area contributed by atoms with Crippen molar-refractivity contribution in [3.8, 4) is 5.88 Å². The molecule has 0 bridgehead atoms. The molecule has 0 radical (unpaired) electrons. The van der Waals surface area contributed by atoms with E-state index in [4.69, 9.17) is 10.5 Å². The van der Waals surface area contributed by atoms with E-state index in [2.05, 4.69) is 9.97 Å². The van der Waals surface area contributed by atoms with Crippen LogP contribution in [0.3, 0.4) is 0 Å². The van der Waals surface area contributed by atoms with Gasteiger partial charge in [-0.15, -0.1) is 0 Å². The fourth-order valence-corrected chi connectivity index (χ4v) is 1.24. The fraction of sp³-hybridized carbons (Fsp3) is 0.444. The maximum absolute atomic E-state index is 10.8. The molecule has 1 aromatic heterocycles. The van der Waals surface area contributed by atoms with Gasteiger partial charge in [0.2, 0.25) is 5.88 Å². The number of rotatable bonds is 2. The maximum atomic E-state index is 10.8. The summed E-state index contributed by atoms with van der Waals surface area (Å²) in [5.41, 5.74) is 6.22. The Labute approximate surface area is 81.3 Å². The average molecular weight is 193 g/mol. The fourth-order valence-electron chi connectivity index (χ4n) is 1.24. The van der Waals surface area contributed by atoms with Crippen molar-refractivity contribution in [2.45, 2.75) is 25.7 Å². The van der Waals surface area contributed by atoms with Crippen molar-refractivity contribution in [3.63, 3.8) is 0 Å². The van der Waals surface area contributed by atoms with Crippen molar-refractivity contribution in [1.82, 2.24) is 9.97 Å². The van der Waals surface area contributed by atoms with Crippen LogP contribution in [0.2, 0.25) is 0 Å². The first-order valence-corrected chi connectivity index (χ1v) is 4.47. The molecule has 0 spiro atoms. The summed E-state index contributed by atoms with van der Waals surface area (Å²) < 4.78 is 4.93. The Morgan fingerprint density at radius 1 is 1.64 bits per heavy atom. The Hall–Kier alpha value is -1.65. The van der Waals surface area contributed by atoms with E-state index in [0.717, 1.165) is 12.8 Å². The lowest BCUT2D eigenvalue weighted by Crippen LogP contribution is -2.08. The van der Waals surface area contributed by atoms with Crippen LogP contribution in [-0.2, 0) is 4.79 Å². The van der Waals surface area contributed by atoms with E-state index in [1.807, 2.05) is 0 Å². The lowest BCUT2D eigenvalue weighted by Gasteiger charge is -2.05. The summed E-state index contributed by atoms with van der Waals surface area (Å²) >= 11 is 0. The Morgan fingerprint density at radius 3 is 2.93 bits per heavy atom. The largest absolute Gasteiger partial charge is 0.406 e. The van der Waals surface area contributed by atoms with E-state index in [0.29, 0.717) is 23.3 Å². The van der Waals surface area contributed by atoms with Crippen molar-refractivity contribution in [2.24, 2.45) is 0 Å². The first-order chi connectivity index (χ1) is 6.66. The summed E-state index contributed by atoms with van der Waals surface area (Å²) in [5, 5.41) is 0. The highest BCUT2D eigenvalue weighted by Gasteiger charge is 2.30. The van der Waals surface area contributed by atoms with Crippen molar-refractivity contribution < 1.29 is 9.53 Å². The normalized spacial score (nSPS) is 15.2.